The van der Waals surface area contributed by atoms with Crippen molar-refractivity contribution in [1.29, 1.82) is 0 Å². The molecule has 0 amide bonds. The molecule has 0 aliphatic rings. The topological polar surface area (TPSA) is 3.24 Å². The van der Waals surface area contributed by atoms with Gasteiger partial charge < -0.3 is 4.90 Å². The Morgan fingerprint density at radius 3 is 1.41 bits per heavy atom. The van der Waals surface area contributed by atoms with E-state index >= 15 is 0 Å². The standard InChI is InChI=1S/C30H39NS/c1-6-9-22-32-30-20-18-29(19-21-30)31(27-14-10-25(11-15-27)23(4)7-2)28-16-12-26(13-17-28)24(5)8-3/h10-21,23-24H,6-9,22H2,1-5H3. The van der Waals surface area contributed by atoms with Gasteiger partial charge in [0.25, 0.3) is 0 Å². The normalized spacial score (nSPS) is 13.0. The van der Waals surface area contributed by atoms with E-state index in [1.54, 1.807) is 0 Å². The molecule has 0 aliphatic heterocycles. The predicted molar refractivity (Wildman–Crippen MR) is 144 cm³/mol. The SMILES string of the molecule is CCCCSc1ccc(N(c2ccc(C(C)CC)cc2)c2ccc(C(C)CC)cc2)cc1. The molecule has 170 valence electrons. The van der Waals surface area contributed by atoms with Gasteiger partial charge in [-0.2, -0.15) is 0 Å². The summed E-state index contributed by atoms with van der Waals surface area (Å²) in [6.07, 6.45) is 4.84. The Morgan fingerprint density at radius 1 is 0.625 bits per heavy atom. The second kappa shape index (κ2) is 12.2. The average Bonchev–Trinajstić information content (AvgIpc) is 2.85. The zero-order valence-electron chi connectivity index (χ0n) is 20.5. The third-order valence-corrected chi connectivity index (χ3v) is 7.63. The maximum atomic E-state index is 2.38. The van der Waals surface area contributed by atoms with Crippen LogP contribution in [0.2, 0.25) is 0 Å². The molecule has 3 rings (SSSR count). The predicted octanol–water partition coefficient (Wildman–Crippen LogP) is 10.1. The minimum absolute atomic E-state index is 0.590. The van der Waals surface area contributed by atoms with E-state index in [0.717, 1.165) is 12.8 Å². The van der Waals surface area contributed by atoms with Gasteiger partial charge in [-0.3, -0.25) is 0 Å². The lowest BCUT2D eigenvalue weighted by Gasteiger charge is -2.26. The quantitative estimate of drug-likeness (QED) is 0.213. The Morgan fingerprint density at radius 2 is 1.03 bits per heavy atom. The summed E-state index contributed by atoms with van der Waals surface area (Å²) in [6, 6.07) is 27.3. The maximum Gasteiger partial charge on any atom is 0.0462 e. The molecular formula is C30H39NS. The molecule has 3 aromatic carbocycles. The molecule has 1 nitrogen and oxygen atoms in total. The first-order valence-electron chi connectivity index (χ1n) is 12.3. The number of unbranched alkanes of at least 4 members (excludes halogenated alkanes) is 1. The van der Waals surface area contributed by atoms with E-state index in [9.17, 15) is 0 Å². The fraction of sp³-hybridized carbons (Fsp3) is 0.400. The highest BCUT2D eigenvalue weighted by atomic mass is 32.2. The average molecular weight is 446 g/mol. The van der Waals surface area contributed by atoms with Crippen LogP contribution < -0.4 is 4.90 Å². The summed E-state index contributed by atoms with van der Waals surface area (Å²) >= 11 is 1.95. The van der Waals surface area contributed by atoms with Gasteiger partial charge in [-0.15, -0.1) is 11.8 Å². The molecule has 3 aromatic rings. The van der Waals surface area contributed by atoms with Crippen molar-refractivity contribution in [3.63, 3.8) is 0 Å². The van der Waals surface area contributed by atoms with Gasteiger partial charge in [-0.05, 0) is 96.5 Å². The molecule has 32 heavy (non-hydrogen) atoms. The lowest BCUT2D eigenvalue weighted by molar-refractivity contribution is 0.733. The number of nitrogens with zero attached hydrogens (tertiary/aromatic N) is 1. The summed E-state index contributed by atoms with van der Waals surface area (Å²) in [5.41, 5.74) is 6.44. The van der Waals surface area contributed by atoms with E-state index in [0.29, 0.717) is 11.8 Å². The van der Waals surface area contributed by atoms with Crippen molar-refractivity contribution in [2.75, 3.05) is 10.7 Å². The van der Waals surface area contributed by atoms with Crippen molar-refractivity contribution in [3.8, 4) is 0 Å². The number of benzene rings is 3. The first kappa shape index (κ1) is 24.5. The first-order chi connectivity index (χ1) is 15.6. The third kappa shape index (κ3) is 6.19. The number of thioether (sulfide) groups is 1. The van der Waals surface area contributed by atoms with E-state index < -0.39 is 0 Å². The van der Waals surface area contributed by atoms with Crippen LogP contribution in [0.25, 0.3) is 0 Å². The molecule has 0 saturated heterocycles. The Bertz CT molecular complexity index is 875. The van der Waals surface area contributed by atoms with Gasteiger partial charge in [0.15, 0.2) is 0 Å². The summed E-state index contributed by atoms with van der Waals surface area (Å²) in [6.45, 7) is 11.4. The highest BCUT2D eigenvalue weighted by Crippen LogP contribution is 2.37. The van der Waals surface area contributed by atoms with Gasteiger partial charge in [0.2, 0.25) is 0 Å². The second-order valence-corrected chi connectivity index (χ2v) is 10.0. The van der Waals surface area contributed by atoms with Crippen LogP contribution in [0.5, 0.6) is 0 Å². The Kier molecular flexibility index (Phi) is 9.29. The molecule has 2 heteroatoms. The zero-order chi connectivity index (χ0) is 22.9. The van der Waals surface area contributed by atoms with Gasteiger partial charge >= 0.3 is 0 Å². The van der Waals surface area contributed by atoms with Crippen molar-refractivity contribution in [2.24, 2.45) is 0 Å². The second-order valence-electron chi connectivity index (χ2n) is 8.83. The molecule has 0 heterocycles. The molecule has 0 bridgehead atoms. The summed E-state index contributed by atoms with van der Waals surface area (Å²) < 4.78 is 0. The van der Waals surface area contributed by atoms with Gasteiger partial charge in [0.1, 0.15) is 0 Å². The van der Waals surface area contributed by atoms with Gasteiger partial charge in [-0.25, -0.2) is 0 Å². The number of anilines is 3. The molecule has 0 N–H and O–H groups in total. The van der Waals surface area contributed by atoms with Crippen LogP contribution >= 0.6 is 11.8 Å². The molecular weight excluding hydrogens is 406 g/mol. The van der Waals surface area contributed by atoms with Crippen molar-refractivity contribution in [1.82, 2.24) is 0 Å². The minimum Gasteiger partial charge on any atom is -0.311 e. The van der Waals surface area contributed by atoms with Crippen LogP contribution in [0.3, 0.4) is 0 Å². The highest BCUT2D eigenvalue weighted by Gasteiger charge is 2.14. The molecule has 0 fully saturated rings. The largest absolute Gasteiger partial charge is 0.311 e. The number of hydrogen-bond donors (Lipinski definition) is 0. The fourth-order valence-electron chi connectivity index (χ4n) is 3.85. The molecule has 0 saturated carbocycles. The lowest BCUT2D eigenvalue weighted by Crippen LogP contribution is -2.10. The Hall–Kier alpha value is -2.19. The zero-order valence-corrected chi connectivity index (χ0v) is 21.3. The molecule has 0 aliphatic carbocycles. The molecule has 0 aromatic heterocycles. The third-order valence-electron chi connectivity index (χ3n) is 6.53. The Labute approximate surface area is 200 Å². The van der Waals surface area contributed by atoms with Crippen molar-refractivity contribution < 1.29 is 0 Å². The Balaban J connectivity index is 1.94. The van der Waals surface area contributed by atoms with Gasteiger partial charge in [0.05, 0.1) is 0 Å². The smallest absolute Gasteiger partial charge is 0.0462 e. The molecule has 2 unspecified atom stereocenters. The summed E-state index contributed by atoms with van der Waals surface area (Å²) in [7, 11) is 0. The summed E-state index contributed by atoms with van der Waals surface area (Å²) in [5, 5.41) is 0. The van der Waals surface area contributed by atoms with Crippen molar-refractivity contribution >= 4 is 28.8 Å². The van der Waals surface area contributed by atoms with Crippen LogP contribution in [-0.4, -0.2) is 5.75 Å². The maximum absolute atomic E-state index is 2.38. The van der Waals surface area contributed by atoms with E-state index in [1.807, 2.05) is 11.8 Å². The van der Waals surface area contributed by atoms with Crippen LogP contribution in [-0.2, 0) is 0 Å². The molecule has 2 atom stereocenters. The molecule has 0 radical (unpaired) electrons. The summed E-state index contributed by atoms with van der Waals surface area (Å²) in [5.74, 6) is 2.37. The van der Waals surface area contributed by atoms with Crippen molar-refractivity contribution in [2.45, 2.75) is 77.0 Å². The van der Waals surface area contributed by atoms with Crippen molar-refractivity contribution in [3.05, 3.63) is 83.9 Å². The first-order valence-corrected chi connectivity index (χ1v) is 13.3. The van der Waals surface area contributed by atoms with Gasteiger partial charge in [0, 0.05) is 22.0 Å². The number of rotatable bonds is 11. The van der Waals surface area contributed by atoms with Crippen LogP contribution in [0.4, 0.5) is 17.1 Å². The van der Waals surface area contributed by atoms with Crippen LogP contribution in [0.15, 0.2) is 77.7 Å². The van der Waals surface area contributed by atoms with E-state index in [2.05, 4.69) is 112 Å². The summed E-state index contributed by atoms with van der Waals surface area (Å²) in [4.78, 5) is 3.72. The lowest BCUT2D eigenvalue weighted by atomic mass is 9.97. The van der Waals surface area contributed by atoms with Crippen LogP contribution in [0.1, 0.15) is 83.3 Å². The van der Waals surface area contributed by atoms with E-state index in [1.165, 1.54) is 51.7 Å². The van der Waals surface area contributed by atoms with Gasteiger partial charge in [-0.1, -0.05) is 65.3 Å². The molecule has 0 spiro atoms. The van der Waals surface area contributed by atoms with Crippen LogP contribution in [0, 0.1) is 0 Å². The van der Waals surface area contributed by atoms with E-state index in [4.69, 9.17) is 0 Å². The number of hydrogen-bond acceptors (Lipinski definition) is 2. The highest BCUT2D eigenvalue weighted by molar-refractivity contribution is 7.99. The van der Waals surface area contributed by atoms with E-state index in [-0.39, 0.29) is 0 Å². The minimum atomic E-state index is 0.590. The fourth-order valence-corrected chi connectivity index (χ4v) is 4.85. The monoisotopic (exact) mass is 445 g/mol.